The molecule has 4 aromatic rings. The summed E-state index contributed by atoms with van der Waals surface area (Å²) < 4.78 is 27.9. The van der Waals surface area contributed by atoms with Crippen LogP contribution in [0.1, 0.15) is 26.5 Å². The highest BCUT2D eigenvalue weighted by atomic mass is 16.6. The molecule has 1 aliphatic heterocycles. The fraction of sp³-hybridized carbons (Fsp3) is 0.308. The summed E-state index contributed by atoms with van der Waals surface area (Å²) in [6.07, 6.45) is 1.53. The quantitative estimate of drug-likeness (QED) is 0.312. The standard InChI is InChI=1S/C26H27N5O6/c1-26(2,3)22-11-23(31-37-22)30-25(32)29-15-6-5-7-16(8-15)36-24-18-9-20(33-4)21(35-13-17-12-34-17)10-19(18)27-14-28-24/h5-11,14,17H,12-13H2,1-4H3,(H2,29,30,31,32)/t17-/m1/s1. The zero-order chi connectivity index (χ0) is 26.0. The average molecular weight is 506 g/mol. The summed E-state index contributed by atoms with van der Waals surface area (Å²) >= 11 is 0. The molecule has 11 nitrogen and oxygen atoms in total. The molecular weight excluding hydrogens is 478 g/mol. The van der Waals surface area contributed by atoms with Crippen LogP contribution in [0.2, 0.25) is 0 Å². The highest BCUT2D eigenvalue weighted by Crippen LogP contribution is 2.36. The van der Waals surface area contributed by atoms with E-state index in [1.807, 2.05) is 20.8 Å². The molecule has 0 radical (unpaired) electrons. The number of nitrogens with zero attached hydrogens (tertiary/aromatic N) is 3. The number of rotatable bonds is 8. The van der Waals surface area contributed by atoms with Crippen LogP contribution in [0.15, 0.2) is 53.3 Å². The minimum Gasteiger partial charge on any atom is -0.493 e. The Hall–Kier alpha value is -4.38. The number of aromatic nitrogens is 3. The van der Waals surface area contributed by atoms with Crippen LogP contribution in [-0.4, -0.2) is 47.6 Å². The maximum absolute atomic E-state index is 12.5. The van der Waals surface area contributed by atoms with Crippen LogP contribution in [0.25, 0.3) is 10.9 Å². The van der Waals surface area contributed by atoms with E-state index in [0.29, 0.717) is 64.5 Å². The molecule has 2 aromatic carbocycles. The molecule has 0 aliphatic carbocycles. The summed E-state index contributed by atoms with van der Waals surface area (Å²) in [6, 6.07) is 11.7. The van der Waals surface area contributed by atoms with Gasteiger partial charge in [0.15, 0.2) is 17.3 Å². The molecule has 2 aromatic heterocycles. The Labute approximate surface area is 213 Å². The third-order valence-electron chi connectivity index (χ3n) is 5.51. The van der Waals surface area contributed by atoms with Gasteiger partial charge in [0, 0.05) is 29.3 Å². The largest absolute Gasteiger partial charge is 0.493 e. The van der Waals surface area contributed by atoms with E-state index in [1.165, 1.54) is 6.33 Å². The van der Waals surface area contributed by atoms with Crippen molar-refractivity contribution in [2.75, 3.05) is 31.0 Å². The number of carbonyl (C=O) groups excluding carboxylic acids is 1. The minimum atomic E-state index is -0.466. The molecule has 0 bridgehead atoms. The molecule has 0 unspecified atom stereocenters. The summed E-state index contributed by atoms with van der Waals surface area (Å²) in [6.45, 7) is 7.13. The smallest absolute Gasteiger partial charge is 0.324 e. The molecule has 1 fully saturated rings. The number of ether oxygens (including phenoxy) is 4. The fourth-order valence-electron chi connectivity index (χ4n) is 3.46. The minimum absolute atomic E-state index is 0.115. The van der Waals surface area contributed by atoms with Crippen LogP contribution in [0.3, 0.4) is 0 Å². The first-order chi connectivity index (χ1) is 17.8. The van der Waals surface area contributed by atoms with Crippen molar-refractivity contribution < 1.29 is 28.3 Å². The number of hydrogen-bond donors (Lipinski definition) is 2. The maximum Gasteiger partial charge on any atom is 0.324 e. The van der Waals surface area contributed by atoms with Gasteiger partial charge in [-0.3, -0.25) is 5.32 Å². The SMILES string of the molecule is COc1cc2c(Oc3cccc(NC(=O)Nc4cc(C(C)(C)C)on4)c3)ncnc2cc1OC[C@H]1CO1. The van der Waals surface area contributed by atoms with Crippen molar-refractivity contribution in [3.63, 3.8) is 0 Å². The Morgan fingerprint density at radius 3 is 2.68 bits per heavy atom. The Morgan fingerprint density at radius 1 is 1.11 bits per heavy atom. The molecule has 1 atom stereocenters. The Morgan fingerprint density at radius 2 is 1.95 bits per heavy atom. The predicted molar refractivity (Wildman–Crippen MR) is 136 cm³/mol. The van der Waals surface area contributed by atoms with Gasteiger partial charge in [-0.25, -0.2) is 14.8 Å². The molecule has 0 spiro atoms. The molecule has 11 heteroatoms. The van der Waals surface area contributed by atoms with Gasteiger partial charge in [-0.2, -0.15) is 0 Å². The summed E-state index contributed by atoms with van der Waals surface area (Å²) in [4.78, 5) is 21.1. The number of nitrogens with one attached hydrogen (secondary N) is 2. The van der Waals surface area contributed by atoms with E-state index < -0.39 is 6.03 Å². The van der Waals surface area contributed by atoms with Crippen molar-refractivity contribution in [2.45, 2.75) is 32.3 Å². The third kappa shape index (κ3) is 5.89. The normalized spacial score (nSPS) is 14.8. The van der Waals surface area contributed by atoms with E-state index in [2.05, 4.69) is 25.8 Å². The molecule has 2 N–H and O–H groups in total. The zero-order valence-electron chi connectivity index (χ0n) is 20.9. The Bertz CT molecular complexity index is 1430. The van der Waals surface area contributed by atoms with Gasteiger partial charge in [-0.05, 0) is 18.2 Å². The Kier molecular flexibility index (Phi) is 6.53. The number of benzene rings is 2. The summed E-state index contributed by atoms with van der Waals surface area (Å²) in [5.41, 5.74) is 0.932. The lowest BCUT2D eigenvalue weighted by molar-refractivity contribution is 0.252. The van der Waals surface area contributed by atoms with Crippen LogP contribution in [0.5, 0.6) is 23.1 Å². The number of amides is 2. The van der Waals surface area contributed by atoms with Crippen LogP contribution < -0.4 is 24.8 Å². The van der Waals surface area contributed by atoms with Crippen molar-refractivity contribution in [3.8, 4) is 23.1 Å². The summed E-state index contributed by atoms with van der Waals surface area (Å²) in [7, 11) is 1.56. The van der Waals surface area contributed by atoms with Gasteiger partial charge in [0.1, 0.15) is 30.5 Å². The van der Waals surface area contributed by atoms with Crippen molar-refractivity contribution in [2.24, 2.45) is 0 Å². The molecule has 0 saturated carbocycles. The van der Waals surface area contributed by atoms with Crippen LogP contribution in [-0.2, 0) is 10.2 Å². The van der Waals surface area contributed by atoms with E-state index in [-0.39, 0.29) is 11.5 Å². The lowest BCUT2D eigenvalue weighted by atomic mass is 9.93. The molecule has 1 saturated heterocycles. The molecule has 192 valence electrons. The van der Waals surface area contributed by atoms with Crippen LogP contribution in [0.4, 0.5) is 16.3 Å². The maximum atomic E-state index is 12.5. The number of carbonyl (C=O) groups is 1. The lowest BCUT2D eigenvalue weighted by Crippen LogP contribution is -2.19. The topological polar surface area (TPSA) is 133 Å². The van der Waals surface area contributed by atoms with Crippen molar-refractivity contribution in [1.82, 2.24) is 15.1 Å². The summed E-state index contributed by atoms with van der Waals surface area (Å²) in [5, 5.41) is 9.97. The summed E-state index contributed by atoms with van der Waals surface area (Å²) in [5.74, 6) is 2.89. The molecule has 5 rings (SSSR count). The van der Waals surface area contributed by atoms with Crippen LogP contribution in [0, 0.1) is 0 Å². The number of fused-ring (bicyclic) bond motifs is 1. The van der Waals surface area contributed by atoms with Crippen LogP contribution >= 0.6 is 0 Å². The van der Waals surface area contributed by atoms with E-state index in [0.717, 1.165) is 0 Å². The molecule has 2 amide bonds. The first kappa shape index (κ1) is 24.3. The highest BCUT2D eigenvalue weighted by molar-refractivity contribution is 5.99. The van der Waals surface area contributed by atoms with Gasteiger partial charge in [0.05, 0.1) is 24.6 Å². The zero-order valence-corrected chi connectivity index (χ0v) is 20.9. The van der Waals surface area contributed by atoms with Gasteiger partial charge >= 0.3 is 6.03 Å². The highest BCUT2D eigenvalue weighted by Gasteiger charge is 2.24. The van der Waals surface area contributed by atoms with E-state index in [1.54, 1.807) is 49.6 Å². The van der Waals surface area contributed by atoms with E-state index >= 15 is 0 Å². The van der Waals surface area contributed by atoms with Crippen molar-refractivity contribution in [1.29, 1.82) is 0 Å². The first-order valence-corrected chi connectivity index (χ1v) is 11.7. The van der Waals surface area contributed by atoms with Gasteiger partial charge in [-0.15, -0.1) is 0 Å². The van der Waals surface area contributed by atoms with Gasteiger partial charge in [-0.1, -0.05) is 32.0 Å². The number of methoxy groups -OCH3 is 1. The Balaban J connectivity index is 1.30. The van der Waals surface area contributed by atoms with Gasteiger partial charge in [0.2, 0.25) is 5.88 Å². The van der Waals surface area contributed by atoms with E-state index in [4.69, 9.17) is 23.5 Å². The second-order valence-corrected chi connectivity index (χ2v) is 9.50. The number of urea groups is 1. The monoisotopic (exact) mass is 505 g/mol. The second kappa shape index (κ2) is 9.94. The van der Waals surface area contributed by atoms with Gasteiger partial charge in [0.25, 0.3) is 0 Å². The van der Waals surface area contributed by atoms with Gasteiger partial charge < -0.3 is 28.8 Å². The van der Waals surface area contributed by atoms with E-state index in [9.17, 15) is 4.79 Å². The predicted octanol–water partition coefficient (Wildman–Crippen LogP) is 5.14. The fourth-order valence-corrected chi connectivity index (χ4v) is 3.46. The second-order valence-electron chi connectivity index (χ2n) is 9.50. The molecular formula is C26H27N5O6. The van der Waals surface area contributed by atoms with Crippen molar-refractivity contribution >= 4 is 28.4 Å². The molecule has 3 heterocycles. The average Bonchev–Trinajstić information content (AvgIpc) is 3.57. The molecule has 1 aliphatic rings. The number of anilines is 2. The number of hydrogen-bond acceptors (Lipinski definition) is 9. The lowest BCUT2D eigenvalue weighted by Gasteiger charge is -2.13. The number of epoxide rings is 1. The third-order valence-corrected chi connectivity index (χ3v) is 5.51. The van der Waals surface area contributed by atoms with Crippen molar-refractivity contribution in [3.05, 3.63) is 54.6 Å². The first-order valence-electron chi connectivity index (χ1n) is 11.7. The molecule has 37 heavy (non-hydrogen) atoms.